The van der Waals surface area contributed by atoms with E-state index in [0.29, 0.717) is 18.0 Å². The molecule has 6 nitrogen and oxygen atoms in total. The van der Waals surface area contributed by atoms with Crippen molar-refractivity contribution in [1.29, 1.82) is 0 Å². The van der Waals surface area contributed by atoms with E-state index in [0.717, 1.165) is 19.4 Å². The van der Waals surface area contributed by atoms with Crippen molar-refractivity contribution in [3.05, 3.63) is 47.4 Å². The fourth-order valence-corrected chi connectivity index (χ4v) is 2.76. The zero-order valence-corrected chi connectivity index (χ0v) is 12.9. The molecule has 1 aromatic carbocycles. The van der Waals surface area contributed by atoms with Gasteiger partial charge in [0.2, 0.25) is 11.8 Å². The van der Waals surface area contributed by atoms with Gasteiger partial charge in [-0.15, -0.1) is 0 Å². The molecule has 0 aliphatic carbocycles. The van der Waals surface area contributed by atoms with Crippen LogP contribution in [0, 0.1) is 18.7 Å². The van der Waals surface area contributed by atoms with Crippen molar-refractivity contribution in [3.8, 4) is 0 Å². The summed E-state index contributed by atoms with van der Waals surface area (Å²) in [6.07, 6.45) is 1.76. The molecule has 1 aliphatic rings. The number of halogens is 1. The lowest BCUT2D eigenvalue weighted by molar-refractivity contribution is -0.126. The third-order valence-corrected chi connectivity index (χ3v) is 3.97. The van der Waals surface area contributed by atoms with Gasteiger partial charge < -0.3 is 15.2 Å². The Kier molecular flexibility index (Phi) is 4.66. The highest BCUT2D eigenvalue weighted by molar-refractivity contribution is 5.79. The van der Waals surface area contributed by atoms with Gasteiger partial charge in [0.05, 0.1) is 5.92 Å². The number of piperidine rings is 1. The second-order valence-corrected chi connectivity index (χ2v) is 5.68. The Labute approximate surface area is 133 Å². The highest BCUT2D eigenvalue weighted by Gasteiger charge is 2.28. The van der Waals surface area contributed by atoms with E-state index in [1.165, 1.54) is 6.07 Å². The van der Waals surface area contributed by atoms with Gasteiger partial charge in [0.15, 0.2) is 5.82 Å². The fourth-order valence-electron chi connectivity index (χ4n) is 2.76. The van der Waals surface area contributed by atoms with Crippen molar-refractivity contribution in [2.24, 2.45) is 5.92 Å². The second kappa shape index (κ2) is 6.87. The van der Waals surface area contributed by atoms with Crippen LogP contribution < -0.4 is 10.6 Å². The lowest BCUT2D eigenvalue weighted by Crippen LogP contribution is -2.42. The molecule has 0 radical (unpaired) electrons. The zero-order valence-electron chi connectivity index (χ0n) is 12.9. The van der Waals surface area contributed by atoms with Gasteiger partial charge in [0.25, 0.3) is 0 Å². The first-order valence-electron chi connectivity index (χ1n) is 7.71. The molecule has 2 aromatic rings. The number of nitrogens with one attached hydrogen (secondary N) is 2. The number of aryl methyl sites for hydroxylation is 1. The van der Waals surface area contributed by atoms with Crippen LogP contribution in [-0.4, -0.2) is 29.1 Å². The maximum absolute atomic E-state index is 14.2. The largest absolute Gasteiger partial charge is 0.341 e. The van der Waals surface area contributed by atoms with Crippen LogP contribution in [0.1, 0.15) is 36.2 Å². The first kappa shape index (κ1) is 15.6. The molecule has 122 valence electrons. The third kappa shape index (κ3) is 3.56. The first-order chi connectivity index (χ1) is 11.1. The van der Waals surface area contributed by atoms with Crippen LogP contribution in [0.3, 0.4) is 0 Å². The lowest BCUT2D eigenvalue weighted by Gasteiger charge is -2.24. The molecule has 1 aromatic heterocycles. The van der Waals surface area contributed by atoms with Gasteiger partial charge in [-0.25, -0.2) is 4.39 Å². The van der Waals surface area contributed by atoms with Gasteiger partial charge in [-0.2, -0.15) is 4.98 Å². The smallest absolute Gasteiger partial charge is 0.225 e. The number of amides is 1. The summed E-state index contributed by atoms with van der Waals surface area (Å²) in [5.74, 6) is -0.0550. The minimum absolute atomic E-state index is 0.132. The summed E-state index contributed by atoms with van der Waals surface area (Å²) in [5.41, 5.74) is 0.324. The fraction of sp³-hybridized carbons (Fsp3) is 0.438. The molecule has 1 amide bonds. The minimum Gasteiger partial charge on any atom is -0.341 e. The monoisotopic (exact) mass is 318 g/mol. The summed E-state index contributed by atoms with van der Waals surface area (Å²) in [6.45, 7) is 3.20. The standard InChI is InChI=1S/C16H19FN4O2/c1-10-19-15(21-23-10)14(12-6-2-3-7-13(12)17)20-16(22)11-5-4-8-18-9-11/h2-3,6-7,11,14,18H,4-5,8-9H2,1H3,(H,20,22)/t11-,14+/m0/s1. The molecule has 1 saturated heterocycles. The van der Waals surface area contributed by atoms with E-state index in [1.54, 1.807) is 25.1 Å². The molecule has 2 atom stereocenters. The summed E-state index contributed by atoms with van der Waals surface area (Å²) >= 11 is 0. The summed E-state index contributed by atoms with van der Waals surface area (Å²) in [4.78, 5) is 16.7. The van der Waals surface area contributed by atoms with Crippen LogP contribution in [0.15, 0.2) is 28.8 Å². The number of rotatable bonds is 4. The summed E-state index contributed by atoms with van der Waals surface area (Å²) < 4.78 is 19.2. The van der Waals surface area contributed by atoms with Crippen LogP contribution in [-0.2, 0) is 4.79 Å². The SMILES string of the molecule is Cc1nc([C@H](NC(=O)[C@H]2CCCNC2)c2ccccc2F)no1. The lowest BCUT2D eigenvalue weighted by atomic mass is 9.97. The van der Waals surface area contributed by atoms with E-state index < -0.39 is 11.9 Å². The maximum Gasteiger partial charge on any atom is 0.225 e. The molecule has 0 unspecified atom stereocenters. The topological polar surface area (TPSA) is 80.0 Å². The van der Waals surface area contributed by atoms with Crippen molar-refractivity contribution in [1.82, 2.24) is 20.8 Å². The molecule has 0 spiro atoms. The normalized spacial score (nSPS) is 19.3. The van der Waals surface area contributed by atoms with Gasteiger partial charge in [0.1, 0.15) is 11.9 Å². The number of aromatic nitrogens is 2. The molecule has 1 fully saturated rings. The Morgan fingerprint density at radius 2 is 2.30 bits per heavy atom. The Balaban J connectivity index is 1.86. The van der Waals surface area contributed by atoms with E-state index in [9.17, 15) is 9.18 Å². The number of carbonyl (C=O) groups is 1. The van der Waals surface area contributed by atoms with E-state index in [4.69, 9.17) is 4.52 Å². The predicted octanol–water partition coefficient (Wildman–Crippen LogP) is 1.72. The van der Waals surface area contributed by atoms with Gasteiger partial charge in [-0.05, 0) is 25.5 Å². The first-order valence-corrected chi connectivity index (χ1v) is 7.71. The van der Waals surface area contributed by atoms with Crippen molar-refractivity contribution in [2.45, 2.75) is 25.8 Å². The molecular weight excluding hydrogens is 299 g/mol. The van der Waals surface area contributed by atoms with Gasteiger partial charge >= 0.3 is 0 Å². The Morgan fingerprint density at radius 1 is 1.48 bits per heavy atom. The number of hydrogen-bond donors (Lipinski definition) is 2. The Bertz CT molecular complexity index is 682. The summed E-state index contributed by atoms with van der Waals surface area (Å²) in [5, 5.41) is 9.92. The van der Waals surface area contributed by atoms with Crippen LogP contribution in [0.25, 0.3) is 0 Å². The Hall–Kier alpha value is -2.28. The van der Waals surface area contributed by atoms with Crippen molar-refractivity contribution < 1.29 is 13.7 Å². The van der Waals surface area contributed by atoms with Crippen LogP contribution >= 0.6 is 0 Å². The van der Waals surface area contributed by atoms with Crippen LogP contribution in [0.4, 0.5) is 4.39 Å². The predicted molar refractivity (Wildman–Crippen MR) is 81.0 cm³/mol. The molecule has 0 bridgehead atoms. The van der Waals surface area contributed by atoms with Crippen molar-refractivity contribution in [2.75, 3.05) is 13.1 Å². The van der Waals surface area contributed by atoms with Crippen molar-refractivity contribution >= 4 is 5.91 Å². The molecular formula is C16H19FN4O2. The van der Waals surface area contributed by atoms with E-state index in [2.05, 4.69) is 20.8 Å². The van der Waals surface area contributed by atoms with E-state index >= 15 is 0 Å². The second-order valence-electron chi connectivity index (χ2n) is 5.68. The Morgan fingerprint density at radius 3 is 2.96 bits per heavy atom. The highest BCUT2D eigenvalue weighted by atomic mass is 19.1. The molecule has 7 heteroatoms. The highest BCUT2D eigenvalue weighted by Crippen LogP contribution is 2.23. The van der Waals surface area contributed by atoms with Gasteiger partial charge in [0, 0.05) is 19.0 Å². The number of benzene rings is 1. The summed E-state index contributed by atoms with van der Waals surface area (Å²) in [7, 11) is 0. The zero-order chi connectivity index (χ0) is 16.2. The van der Waals surface area contributed by atoms with Crippen LogP contribution in [0.2, 0.25) is 0 Å². The molecule has 23 heavy (non-hydrogen) atoms. The van der Waals surface area contributed by atoms with Gasteiger partial charge in [-0.3, -0.25) is 4.79 Å². The molecule has 1 aliphatic heterocycles. The number of hydrogen-bond acceptors (Lipinski definition) is 5. The average molecular weight is 318 g/mol. The molecule has 0 saturated carbocycles. The third-order valence-electron chi connectivity index (χ3n) is 3.97. The average Bonchev–Trinajstić information content (AvgIpc) is 3.00. The quantitative estimate of drug-likeness (QED) is 0.897. The maximum atomic E-state index is 14.2. The van der Waals surface area contributed by atoms with Crippen molar-refractivity contribution in [3.63, 3.8) is 0 Å². The minimum atomic E-state index is -0.761. The molecule has 2 heterocycles. The number of carbonyl (C=O) groups excluding carboxylic acids is 1. The number of nitrogens with zero attached hydrogens (tertiary/aromatic N) is 2. The summed E-state index contributed by atoms with van der Waals surface area (Å²) in [6, 6.07) is 5.52. The van der Waals surface area contributed by atoms with E-state index in [1.807, 2.05) is 0 Å². The van der Waals surface area contributed by atoms with E-state index in [-0.39, 0.29) is 17.6 Å². The molecule has 3 rings (SSSR count). The van der Waals surface area contributed by atoms with Crippen LogP contribution in [0.5, 0.6) is 0 Å². The molecule has 2 N–H and O–H groups in total. The van der Waals surface area contributed by atoms with Gasteiger partial charge in [-0.1, -0.05) is 23.4 Å².